The number of methoxy groups -OCH3 is 1. The molecular weight excluding hydrogens is 252 g/mol. The zero-order valence-electron chi connectivity index (χ0n) is 13.2. The zero-order valence-corrected chi connectivity index (χ0v) is 13.2. The Labute approximate surface area is 122 Å². The predicted molar refractivity (Wildman–Crippen MR) is 85.6 cm³/mol. The normalized spacial score (nSPS) is 10.8. The Morgan fingerprint density at radius 2 is 1.95 bits per heavy atom. The monoisotopic (exact) mass is 280 g/mol. The topological polar surface area (TPSA) is 47.7 Å². The third-order valence-electron chi connectivity index (χ3n) is 2.90. The molecule has 1 aromatic rings. The summed E-state index contributed by atoms with van der Waals surface area (Å²) in [6.45, 7) is 9.75. The molecule has 4 nitrogen and oxygen atoms in total. The van der Waals surface area contributed by atoms with Gasteiger partial charge in [-0.3, -0.25) is 0 Å². The van der Waals surface area contributed by atoms with E-state index in [1.54, 1.807) is 7.11 Å². The molecule has 0 aliphatic carbocycles. The molecule has 1 rings (SSSR count). The van der Waals surface area contributed by atoms with E-state index in [0.717, 1.165) is 36.6 Å². The molecule has 0 radical (unpaired) electrons. The van der Waals surface area contributed by atoms with Crippen LogP contribution in [0.4, 0.5) is 11.4 Å². The van der Waals surface area contributed by atoms with Crippen molar-refractivity contribution in [3.63, 3.8) is 0 Å². The molecule has 0 aliphatic heterocycles. The summed E-state index contributed by atoms with van der Waals surface area (Å²) in [6, 6.07) is 5.93. The van der Waals surface area contributed by atoms with E-state index in [4.69, 9.17) is 15.2 Å². The maximum atomic E-state index is 5.99. The van der Waals surface area contributed by atoms with Gasteiger partial charge in [-0.2, -0.15) is 0 Å². The standard InChI is InChI=1S/C16H28N2O2/c1-5-7-20-16-10-14(17)9-15(11-16)18(6-8-19-4)12-13(2)3/h9-11,13H,5-8,12,17H2,1-4H3. The van der Waals surface area contributed by atoms with Gasteiger partial charge in [-0.25, -0.2) is 0 Å². The summed E-state index contributed by atoms with van der Waals surface area (Å²) in [7, 11) is 1.72. The van der Waals surface area contributed by atoms with Gasteiger partial charge in [-0.05, 0) is 18.4 Å². The lowest BCUT2D eigenvalue weighted by atomic mass is 10.1. The van der Waals surface area contributed by atoms with Gasteiger partial charge in [0.1, 0.15) is 5.75 Å². The Kier molecular flexibility index (Phi) is 7.23. The largest absolute Gasteiger partial charge is 0.493 e. The van der Waals surface area contributed by atoms with E-state index in [1.165, 1.54) is 0 Å². The number of nitrogen functional groups attached to an aromatic ring is 1. The molecule has 0 atom stereocenters. The van der Waals surface area contributed by atoms with Gasteiger partial charge in [0.25, 0.3) is 0 Å². The Morgan fingerprint density at radius 1 is 1.20 bits per heavy atom. The lowest BCUT2D eigenvalue weighted by molar-refractivity contribution is 0.204. The Bertz CT molecular complexity index is 394. The first-order chi connectivity index (χ1) is 9.56. The summed E-state index contributed by atoms with van der Waals surface area (Å²) in [4.78, 5) is 2.29. The van der Waals surface area contributed by atoms with Crippen LogP contribution < -0.4 is 15.4 Å². The van der Waals surface area contributed by atoms with E-state index < -0.39 is 0 Å². The molecule has 114 valence electrons. The van der Waals surface area contributed by atoms with Crippen LogP contribution in [0.5, 0.6) is 5.75 Å². The van der Waals surface area contributed by atoms with Crippen molar-refractivity contribution in [2.45, 2.75) is 27.2 Å². The van der Waals surface area contributed by atoms with Gasteiger partial charge in [0.05, 0.1) is 13.2 Å². The smallest absolute Gasteiger partial charge is 0.123 e. The molecule has 0 amide bonds. The molecule has 0 fully saturated rings. The highest BCUT2D eigenvalue weighted by Gasteiger charge is 2.10. The van der Waals surface area contributed by atoms with Gasteiger partial charge in [0.15, 0.2) is 0 Å². The maximum absolute atomic E-state index is 5.99. The molecule has 0 bridgehead atoms. The predicted octanol–water partition coefficient (Wildman–Crippen LogP) is 3.17. The highest BCUT2D eigenvalue weighted by Crippen LogP contribution is 2.26. The van der Waals surface area contributed by atoms with Crippen LogP contribution in [0.3, 0.4) is 0 Å². The van der Waals surface area contributed by atoms with Crippen LogP contribution in [0.15, 0.2) is 18.2 Å². The fourth-order valence-corrected chi connectivity index (χ4v) is 2.06. The second kappa shape index (κ2) is 8.69. The van der Waals surface area contributed by atoms with Crippen molar-refractivity contribution < 1.29 is 9.47 Å². The minimum Gasteiger partial charge on any atom is -0.493 e. The van der Waals surface area contributed by atoms with Gasteiger partial charge >= 0.3 is 0 Å². The van der Waals surface area contributed by atoms with E-state index in [-0.39, 0.29) is 0 Å². The van der Waals surface area contributed by atoms with Crippen molar-refractivity contribution >= 4 is 11.4 Å². The Hall–Kier alpha value is -1.42. The molecule has 4 heteroatoms. The summed E-state index contributed by atoms with van der Waals surface area (Å²) in [6.07, 6.45) is 0.990. The molecule has 2 N–H and O–H groups in total. The summed E-state index contributed by atoms with van der Waals surface area (Å²) < 4.78 is 10.9. The average molecular weight is 280 g/mol. The quantitative estimate of drug-likeness (QED) is 0.706. The Balaban J connectivity index is 2.89. The molecule has 0 saturated heterocycles. The first-order valence-corrected chi connectivity index (χ1v) is 7.34. The zero-order chi connectivity index (χ0) is 15.0. The minimum absolute atomic E-state index is 0.577. The van der Waals surface area contributed by atoms with Gasteiger partial charge in [0.2, 0.25) is 0 Å². The molecule has 0 unspecified atom stereocenters. The van der Waals surface area contributed by atoms with Gasteiger partial charge in [0, 0.05) is 43.7 Å². The van der Waals surface area contributed by atoms with Crippen LogP contribution in [0, 0.1) is 5.92 Å². The third-order valence-corrected chi connectivity index (χ3v) is 2.90. The number of benzene rings is 1. The van der Waals surface area contributed by atoms with Gasteiger partial charge in [-0.1, -0.05) is 20.8 Å². The second-order valence-electron chi connectivity index (χ2n) is 5.44. The molecule has 0 heterocycles. The highest BCUT2D eigenvalue weighted by atomic mass is 16.5. The molecule has 20 heavy (non-hydrogen) atoms. The van der Waals surface area contributed by atoms with Crippen LogP contribution in [-0.4, -0.2) is 33.4 Å². The van der Waals surface area contributed by atoms with Crippen LogP contribution in [0.25, 0.3) is 0 Å². The summed E-state index contributed by atoms with van der Waals surface area (Å²) in [5.74, 6) is 1.42. The van der Waals surface area contributed by atoms with Crippen molar-refractivity contribution in [3.05, 3.63) is 18.2 Å². The number of rotatable bonds is 9. The number of ether oxygens (including phenoxy) is 2. The van der Waals surface area contributed by atoms with Crippen molar-refractivity contribution in [3.8, 4) is 5.75 Å². The number of hydrogen-bond donors (Lipinski definition) is 1. The lowest BCUT2D eigenvalue weighted by Gasteiger charge is -2.27. The van der Waals surface area contributed by atoms with Crippen molar-refractivity contribution in [2.75, 3.05) is 44.0 Å². The second-order valence-corrected chi connectivity index (χ2v) is 5.44. The molecule has 1 aromatic carbocycles. The highest BCUT2D eigenvalue weighted by molar-refractivity contribution is 5.60. The van der Waals surface area contributed by atoms with Crippen LogP contribution >= 0.6 is 0 Å². The molecule has 0 aromatic heterocycles. The number of anilines is 2. The maximum Gasteiger partial charge on any atom is 0.123 e. The summed E-state index contributed by atoms with van der Waals surface area (Å²) >= 11 is 0. The van der Waals surface area contributed by atoms with E-state index >= 15 is 0 Å². The SMILES string of the molecule is CCCOc1cc(N)cc(N(CCOC)CC(C)C)c1. The van der Waals surface area contributed by atoms with E-state index in [0.29, 0.717) is 19.1 Å². The van der Waals surface area contributed by atoms with Crippen molar-refractivity contribution in [1.29, 1.82) is 0 Å². The third kappa shape index (κ3) is 5.70. The molecule has 0 spiro atoms. The Morgan fingerprint density at radius 3 is 2.55 bits per heavy atom. The summed E-state index contributed by atoms with van der Waals surface area (Å²) in [5.41, 5.74) is 7.83. The molecule has 0 saturated carbocycles. The fraction of sp³-hybridized carbons (Fsp3) is 0.625. The number of hydrogen-bond acceptors (Lipinski definition) is 4. The van der Waals surface area contributed by atoms with Crippen LogP contribution in [-0.2, 0) is 4.74 Å². The van der Waals surface area contributed by atoms with Gasteiger partial charge in [-0.15, -0.1) is 0 Å². The molecule has 0 aliphatic rings. The summed E-state index contributed by atoms with van der Waals surface area (Å²) in [5, 5.41) is 0. The van der Waals surface area contributed by atoms with E-state index in [1.807, 2.05) is 12.1 Å². The van der Waals surface area contributed by atoms with Crippen LogP contribution in [0.1, 0.15) is 27.2 Å². The lowest BCUT2D eigenvalue weighted by Crippen LogP contribution is -2.31. The fourth-order valence-electron chi connectivity index (χ4n) is 2.06. The first kappa shape index (κ1) is 16.6. The average Bonchev–Trinajstić information content (AvgIpc) is 2.40. The van der Waals surface area contributed by atoms with Gasteiger partial charge < -0.3 is 20.1 Å². The van der Waals surface area contributed by atoms with E-state index in [9.17, 15) is 0 Å². The van der Waals surface area contributed by atoms with E-state index in [2.05, 4.69) is 31.7 Å². The number of nitrogens with zero attached hydrogens (tertiary/aromatic N) is 1. The molecular formula is C16H28N2O2. The van der Waals surface area contributed by atoms with Crippen molar-refractivity contribution in [1.82, 2.24) is 0 Å². The van der Waals surface area contributed by atoms with Crippen LogP contribution in [0.2, 0.25) is 0 Å². The first-order valence-electron chi connectivity index (χ1n) is 7.34. The van der Waals surface area contributed by atoms with Crippen molar-refractivity contribution in [2.24, 2.45) is 5.92 Å². The minimum atomic E-state index is 0.577. The number of nitrogens with two attached hydrogens (primary N) is 1.